The van der Waals surface area contributed by atoms with Gasteiger partial charge in [-0.2, -0.15) is 18.4 Å². The number of nitrogens with zero attached hydrogens (tertiary/aromatic N) is 2. The number of benzene rings is 2. The molecule has 30 heavy (non-hydrogen) atoms. The lowest BCUT2D eigenvalue weighted by Gasteiger charge is -2.26. The number of nitriles is 1. The quantitative estimate of drug-likeness (QED) is 0.530. The fraction of sp³-hybridized carbons (Fsp3) is 0.100. The Labute approximate surface area is 178 Å². The normalized spacial score (nSPS) is 16.1. The van der Waals surface area contributed by atoms with Crippen molar-refractivity contribution < 1.29 is 17.9 Å². The monoisotopic (exact) mass is 450 g/mol. The van der Waals surface area contributed by atoms with E-state index in [1.807, 2.05) is 6.07 Å². The van der Waals surface area contributed by atoms with Gasteiger partial charge in [0.1, 0.15) is 11.6 Å². The maximum atomic E-state index is 13.7. The van der Waals surface area contributed by atoms with Crippen LogP contribution in [0.5, 0.6) is 5.88 Å². The number of allylic oxidation sites excluding steroid dienone is 1. The van der Waals surface area contributed by atoms with Crippen LogP contribution < -0.4 is 10.5 Å². The number of halogens is 5. The summed E-state index contributed by atoms with van der Waals surface area (Å²) in [5, 5.41) is 17.0. The summed E-state index contributed by atoms with van der Waals surface area (Å²) < 4.78 is 46.6. The van der Waals surface area contributed by atoms with Crippen LogP contribution in [0.3, 0.4) is 0 Å². The van der Waals surface area contributed by atoms with Gasteiger partial charge in [0.05, 0.1) is 32.8 Å². The molecule has 1 aliphatic heterocycles. The second-order valence-corrected chi connectivity index (χ2v) is 7.27. The molecule has 0 amide bonds. The Balaban J connectivity index is 2.01. The number of H-pyrrole nitrogens is 1. The molecule has 0 radical (unpaired) electrons. The van der Waals surface area contributed by atoms with E-state index in [0.717, 1.165) is 6.07 Å². The zero-order valence-corrected chi connectivity index (χ0v) is 16.4. The first-order valence-corrected chi connectivity index (χ1v) is 9.25. The van der Waals surface area contributed by atoms with Crippen molar-refractivity contribution in [1.82, 2.24) is 10.2 Å². The van der Waals surface area contributed by atoms with Gasteiger partial charge in [-0.05, 0) is 23.8 Å². The largest absolute Gasteiger partial charge is 0.420 e. The van der Waals surface area contributed by atoms with Crippen molar-refractivity contribution >= 4 is 23.2 Å². The third-order valence-corrected chi connectivity index (χ3v) is 5.46. The summed E-state index contributed by atoms with van der Waals surface area (Å²) in [6.07, 6.45) is -4.64. The lowest BCUT2D eigenvalue weighted by Crippen LogP contribution is -2.23. The lowest BCUT2D eigenvalue weighted by atomic mass is 9.81. The van der Waals surface area contributed by atoms with Crippen LogP contribution in [0.15, 0.2) is 53.9 Å². The molecule has 152 valence electrons. The van der Waals surface area contributed by atoms with E-state index in [-0.39, 0.29) is 33.5 Å². The van der Waals surface area contributed by atoms with Crippen LogP contribution in [0.1, 0.15) is 22.6 Å². The Morgan fingerprint density at radius 3 is 2.53 bits per heavy atom. The van der Waals surface area contributed by atoms with E-state index in [1.165, 1.54) is 24.3 Å². The van der Waals surface area contributed by atoms with Gasteiger partial charge >= 0.3 is 6.18 Å². The van der Waals surface area contributed by atoms with Gasteiger partial charge in [-0.3, -0.25) is 5.10 Å². The number of rotatable bonds is 2. The molecule has 1 aliphatic rings. The van der Waals surface area contributed by atoms with Crippen LogP contribution in [-0.4, -0.2) is 10.2 Å². The Morgan fingerprint density at radius 2 is 1.87 bits per heavy atom. The first-order valence-electron chi connectivity index (χ1n) is 8.49. The minimum absolute atomic E-state index is 0.0189. The number of hydrogen-bond acceptors (Lipinski definition) is 4. The predicted molar refractivity (Wildman–Crippen MR) is 105 cm³/mol. The van der Waals surface area contributed by atoms with Crippen LogP contribution in [0.4, 0.5) is 13.2 Å². The SMILES string of the molecule is N#CC1=C(N)Oc2n[nH]c(-c3ccc(Cl)c(Cl)c3)c2[C@@H]1c1ccccc1C(F)(F)F. The third kappa shape index (κ3) is 3.26. The van der Waals surface area contributed by atoms with Crippen LogP contribution in [0.25, 0.3) is 11.3 Å². The second kappa shape index (κ2) is 7.27. The number of hydrogen-bond donors (Lipinski definition) is 2. The molecule has 5 nitrogen and oxygen atoms in total. The van der Waals surface area contributed by atoms with Crippen LogP contribution in [-0.2, 0) is 6.18 Å². The molecule has 0 saturated carbocycles. The summed E-state index contributed by atoms with van der Waals surface area (Å²) in [6.45, 7) is 0. The topological polar surface area (TPSA) is 87.7 Å². The summed E-state index contributed by atoms with van der Waals surface area (Å²) >= 11 is 12.1. The van der Waals surface area contributed by atoms with Gasteiger partial charge in [0.15, 0.2) is 0 Å². The minimum atomic E-state index is -4.64. The molecule has 0 aliphatic carbocycles. The number of fused-ring (bicyclic) bond motifs is 1. The maximum absolute atomic E-state index is 13.7. The predicted octanol–water partition coefficient (Wildman–Crippen LogP) is 5.62. The maximum Gasteiger partial charge on any atom is 0.416 e. The first-order chi connectivity index (χ1) is 14.2. The minimum Gasteiger partial charge on any atom is -0.420 e. The molecule has 2 aromatic carbocycles. The molecule has 3 N–H and O–H groups in total. The van der Waals surface area contributed by atoms with E-state index >= 15 is 0 Å². The van der Waals surface area contributed by atoms with Crippen molar-refractivity contribution in [2.75, 3.05) is 0 Å². The number of ether oxygens (including phenoxy) is 1. The molecule has 0 saturated heterocycles. The van der Waals surface area contributed by atoms with E-state index in [0.29, 0.717) is 16.3 Å². The van der Waals surface area contributed by atoms with Gasteiger partial charge in [-0.1, -0.05) is 47.5 Å². The molecular formula is C20H11Cl2F3N4O. The Kier molecular flexibility index (Phi) is 4.88. The summed E-state index contributed by atoms with van der Waals surface area (Å²) in [5.74, 6) is -1.48. The number of alkyl halides is 3. The van der Waals surface area contributed by atoms with Gasteiger partial charge in [0.2, 0.25) is 11.8 Å². The fourth-order valence-electron chi connectivity index (χ4n) is 3.43. The highest BCUT2D eigenvalue weighted by Gasteiger charge is 2.41. The molecule has 1 atom stereocenters. The first kappa shape index (κ1) is 20.1. The lowest BCUT2D eigenvalue weighted by molar-refractivity contribution is -0.138. The number of nitrogens with one attached hydrogen (secondary N) is 1. The molecular weight excluding hydrogens is 440 g/mol. The van der Waals surface area contributed by atoms with E-state index in [4.69, 9.17) is 33.7 Å². The van der Waals surface area contributed by atoms with E-state index < -0.39 is 17.7 Å². The van der Waals surface area contributed by atoms with E-state index in [9.17, 15) is 18.4 Å². The van der Waals surface area contributed by atoms with Crippen molar-refractivity contribution in [3.63, 3.8) is 0 Å². The molecule has 2 heterocycles. The highest BCUT2D eigenvalue weighted by atomic mass is 35.5. The van der Waals surface area contributed by atoms with Gasteiger partial charge in [-0.25, -0.2) is 0 Å². The van der Waals surface area contributed by atoms with Gasteiger partial charge in [0.25, 0.3) is 0 Å². The standard InChI is InChI=1S/C20H11Cl2F3N4O/c21-13-6-5-9(7-14(13)22)17-16-15(10-3-1-2-4-12(10)20(23,24)25)11(8-26)18(27)30-19(16)29-28-17/h1-7,15H,27H2,(H,28,29)/t15-/m1/s1. The van der Waals surface area contributed by atoms with Crippen molar-refractivity contribution in [2.24, 2.45) is 5.73 Å². The molecule has 10 heteroatoms. The zero-order chi connectivity index (χ0) is 21.6. The molecule has 3 aromatic rings. The summed E-state index contributed by atoms with van der Waals surface area (Å²) in [4.78, 5) is 0. The number of aromatic nitrogens is 2. The third-order valence-electron chi connectivity index (χ3n) is 4.72. The van der Waals surface area contributed by atoms with Crippen LogP contribution >= 0.6 is 23.2 Å². The highest BCUT2D eigenvalue weighted by molar-refractivity contribution is 6.42. The van der Waals surface area contributed by atoms with Crippen LogP contribution in [0.2, 0.25) is 10.0 Å². The number of nitrogens with two attached hydrogens (primary N) is 1. The number of aromatic amines is 1. The summed E-state index contributed by atoms with van der Waals surface area (Å²) in [6, 6.07) is 11.6. The summed E-state index contributed by atoms with van der Waals surface area (Å²) in [7, 11) is 0. The highest BCUT2D eigenvalue weighted by Crippen LogP contribution is 2.48. The van der Waals surface area contributed by atoms with E-state index in [2.05, 4.69) is 10.2 Å². The van der Waals surface area contributed by atoms with Crippen LogP contribution in [0, 0.1) is 11.3 Å². The Bertz CT molecular complexity index is 1230. The van der Waals surface area contributed by atoms with Crippen molar-refractivity contribution in [1.29, 1.82) is 5.26 Å². The fourth-order valence-corrected chi connectivity index (χ4v) is 3.73. The molecule has 0 bridgehead atoms. The smallest absolute Gasteiger partial charge is 0.416 e. The van der Waals surface area contributed by atoms with Crippen molar-refractivity contribution in [3.05, 3.63) is 80.7 Å². The zero-order valence-electron chi connectivity index (χ0n) is 14.9. The van der Waals surface area contributed by atoms with Gasteiger partial charge < -0.3 is 10.5 Å². The van der Waals surface area contributed by atoms with Gasteiger partial charge in [-0.15, -0.1) is 5.10 Å². The van der Waals surface area contributed by atoms with Crippen molar-refractivity contribution in [2.45, 2.75) is 12.1 Å². The second-order valence-electron chi connectivity index (χ2n) is 6.46. The molecule has 4 rings (SSSR count). The summed E-state index contributed by atoms with van der Waals surface area (Å²) in [5.41, 5.74) is 5.76. The molecule has 0 spiro atoms. The Morgan fingerprint density at radius 1 is 1.13 bits per heavy atom. The van der Waals surface area contributed by atoms with Crippen molar-refractivity contribution in [3.8, 4) is 23.2 Å². The average molecular weight is 451 g/mol. The van der Waals surface area contributed by atoms with E-state index in [1.54, 1.807) is 12.1 Å². The Hall–Kier alpha value is -3.15. The molecule has 0 unspecified atom stereocenters. The van der Waals surface area contributed by atoms with Gasteiger partial charge in [0, 0.05) is 5.56 Å². The molecule has 1 aromatic heterocycles. The molecule has 0 fully saturated rings. The average Bonchev–Trinajstić information content (AvgIpc) is 3.11.